The number of rotatable bonds is 10. The van der Waals surface area contributed by atoms with Gasteiger partial charge in [-0.3, -0.25) is 19.6 Å². The number of likely N-dealkylation sites (tertiary alicyclic amines) is 1. The zero-order valence-corrected chi connectivity index (χ0v) is 26.7. The highest BCUT2D eigenvalue weighted by Gasteiger charge is 2.51. The van der Waals surface area contributed by atoms with Crippen LogP contribution in [-0.4, -0.2) is 63.9 Å². The number of alkyl halides is 1. The summed E-state index contributed by atoms with van der Waals surface area (Å²) in [6.45, 7) is 6.59. The Balaban J connectivity index is 1.07. The summed E-state index contributed by atoms with van der Waals surface area (Å²) in [5.74, 6) is -1.22. The van der Waals surface area contributed by atoms with Gasteiger partial charge in [0, 0.05) is 47.5 Å². The number of hydrogen-bond acceptors (Lipinski definition) is 5. The van der Waals surface area contributed by atoms with E-state index < -0.39 is 23.5 Å². The summed E-state index contributed by atoms with van der Waals surface area (Å²) in [7, 11) is 0. The van der Waals surface area contributed by atoms with Crippen LogP contribution in [0.25, 0.3) is 22.3 Å². The van der Waals surface area contributed by atoms with Crippen LogP contribution in [0.2, 0.25) is 5.02 Å². The van der Waals surface area contributed by atoms with Gasteiger partial charge in [0.15, 0.2) is 5.67 Å². The molecule has 3 atom stereocenters. The monoisotopic (exact) mass is 641 g/mol. The van der Waals surface area contributed by atoms with Gasteiger partial charge >= 0.3 is 0 Å². The van der Waals surface area contributed by atoms with Gasteiger partial charge < -0.3 is 15.4 Å². The van der Waals surface area contributed by atoms with E-state index in [1.165, 1.54) is 5.56 Å². The minimum absolute atomic E-state index is 0.101. The van der Waals surface area contributed by atoms with Gasteiger partial charge in [-0.2, -0.15) is 5.10 Å². The average Bonchev–Trinajstić information content (AvgIpc) is 3.32. The maximum Gasteiger partial charge on any atom is 0.258 e. The van der Waals surface area contributed by atoms with Crippen molar-refractivity contribution in [2.45, 2.75) is 69.9 Å². The van der Waals surface area contributed by atoms with Gasteiger partial charge in [-0.1, -0.05) is 54.1 Å². The molecule has 0 unspecified atom stereocenters. The first-order valence-electron chi connectivity index (χ1n) is 15.8. The van der Waals surface area contributed by atoms with E-state index in [2.05, 4.69) is 50.0 Å². The summed E-state index contributed by atoms with van der Waals surface area (Å²) in [5, 5.41) is 13.3. The number of fused-ring (bicyclic) bond motifs is 2. The fourth-order valence-corrected chi connectivity index (χ4v) is 6.79. The number of aryl methyl sites for hydroxylation is 2. The number of aromatic nitrogens is 2. The lowest BCUT2D eigenvalue weighted by Gasteiger charge is -2.26. The first-order valence-corrected chi connectivity index (χ1v) is 16.2. The Bertz CT molecular complexity index is 1750. The molecular weight excluding hydrogens is 605 g/mol. The molecule has 3 aliphatic rings. The molecule has 8 nitrogen and oxygen atoms in total. The molecule has 1 saturated carbocycles. The first kappa shape index (κ1) is 30.6. The van der Waals surface area contributed by atoms with Crippen molar-refractivity contribution in [3.63, 3.8) is 0 Å². The molecule has 2 saturated heterocycles. The number of ether oxygens (including phenoxy) is 1. The van der Waals surface area contributed by atoms with Crippen LogP contribution in [0.3, 0.4) is 0 Å². The van der Waals surface area contributed by atoms with Crippen molar-refractivity contribution in [3.8, 4) is 22.3 Å². The molecule has 238 valence electrons. The van der Waals surface area contributed by atoms with Gasteiger partial charge in [0.1, 0.15) is 6.04 Å². The minimum Gasteiger partial charge on any atom is -0.375 e. The molecule has 0 spiro atoms. The van der Waals surface area contributed by atoms with Crippen molar-refractivity contribution in [2.24, 2.45) is 0 Å². The molecule has 2 amide bonds. The second-order valence-electron chi connectivity index (χ2n) is 12.8. The van der Waals surface area contributed by atoms with E-state index in [9.17, 15) is 14.0 Å². The quantitative estimate of drug-likeness (QED) is 0.193. The normalized spacial score (nSPS) is 20.4. The van der Waals surface area contributed by atoms with Crippen molar-refractivity contribution in [1.29, 1.82) is 0 Å². The molecule has 2 bridgehead atoms. The van der Waals surface area contributed by atoms with Crippen molar-refractivity contribution < 1.29 is 18.7 Å². The summed E-state index contributed by atoms with van der Waals surface area (Å²) in [4.78, 5) is 28.9. The summed E-state index contributed by atoms with van der Waals surface area (Å²) in [6, 6.07) is 21.0. The van der Waals surface area contributed by atoms with Crippen LogP contribution in [0.15, 0.2) is 66.7 Å². The van der Waals surface area contributed by atoms with Crippen LogP contribution in [-0.2, 0) is 27.3 Å². The summed E-state index contributed by atoms with van der Waals surface area (Å²) in [6.07, 6.45) is 1.90. The Hall–Kier alpha value is -4.05. The molecule has 3 heterocycles. The Morgan fingerprint density at radius 1 is 1.07 bits per heavy atom. The number of carbonyl (C=O) groups is 2. The predicted molar refractivity (Wildman–Crippen MR) is 176 cm³/mol. The molecule has 2 aliphatic heterocycles. The highest BCUT2D eigenvalue weighted by Crippen LogP contribution is 2.40. The molecule has 3 N–H and O–H groups in total. The van der Waals surface area contributed by atoms with Crippen LogP contribution in [0.5, 0.6) is 0 Å². The van der Waals surface area contributed by atoms with Crippen molar-refractivity contribution in [2.75, 3.05) is 18.5 Å². The molecule has 46 heavy (non-hydrogen) atoms. The van der Waals surface area contributed by atoms with Crippen LogP contribution in [0.4, 0.5) is 10.1 Å². The number of morpholine rings is 1. The summed E-state index contributed by atoms with van der Waals surface area (Å²) in [5.41, 5.74) is 6.34. The van der Waals surface area contributed by atoms with Crippen LogP contribution < -0.4 is 10.6 Å². The predicted octanol–water partition coefficient (Wildman–Crippen LogP) is 6.16. The van der Waals surface area contributed by atoms with E-state index >= 15 is 0 Å². The second kappa shape index (κ2) is 12.3. The topological polar surface area (TPSA) is 99.3 Å². The molecule has 1 aromatic heterocycles. The maximum absolute atomic E-state index is 14.7. The Kier molecular flexibility index (Phi) is 8.17. The van der Waals surface area contributed by atoms with Crippen LogP contribution in [0, 0.1) is 13.8 Å². The van der Waals surface area contributed by atoms with E-state index in [-0.39, 0.29) is 19.3 Å². The fourth-order valence-electron chi connectivity index (χ4n) is 6.60. The number of nitrogens with zero attached hydrogens (tertiary/aromatic N) is 2. The zero-order valence-electron chi connectivity index (χ0n) is 25.9. The minimum atomic E-state index is -1.92. The third kappa shape index (κ3) is 6.32. The third-order valence-corrected chi connectivity index (χ3v) is 9.81. The van der Waals surface area contributed by atoms with Crippen LogP contribution in [0.1, 0.15) is 41.8 Å². The highest BCUT2D eigenvalue weighted by molar-refractivity contribution is 6.31. The van der Waals surface area contributed by atoms with Gasteiger partial charge in [-0.15, -0.1) is 0 Å². The number of carbonyl (C=O) groups excluding carboxylic acids is 2. The van der Waals surface area contributed by atoms with Crippen molar-refractivity contribution in [3.05, 3.63) is 94.3 Å². The number of aromatic amines is 1. The van der Waals surface area contributed by atoms with Gasteiger partial charge in [-0.25, -0.2) is 4.39 Å². The molecule has 10 heteroatoms. The third-order valence-electron chi connectivity index (χ3n) is 9.44. The standard InChI is InChI=1S/C36H37ClFN5O3/c1-21-33(22(2)42-41-21)25-7-10-28(11-8-25)39-34(44)32(40-35(45)36(38)13-14-36)16-27-15-26(9-12-31(27)37)24-5-3-23(4-6-24)18-43-19-30-17-29(43)20-46-30/h3-12,15,29-30,32H,13-14,16-20H2,1-2H3,(H,39,44)(H,40,45)(H,41,42)/t29-,30-,32+/m1/s1. The summed E-state index contributed by atoms with van der Waals surface area (Å²) < 4.78 is 20.4. The number of anilines is 1. The van der Waals surface area contributed by atoms with E-state index in [0.29, 0.717) is 28.4 Å². The fraction of sp³-hybridized carbons (Fsp3) is 0.361. The van der Waals surface area contributed by atoms with Gasteiger partial charge in [0.05, 0.1) is 18.4 Å². The van der Waals surface area contributed by atoms with Gasteiger partial charge in [-0.05, 0) is 85.2 Å². The Morgan fingerprint density at radius 3 is 2.41 bits per heavy atom. The van der Waals surface area contributed by atoms with E-state index in [1.807, 2.05) is 38.1 Å². The summed E-state index contributed by atoms with van der Waals surface area (Å²) >= 11 is 6.63. The number of halogens is 2. The smallest absolute Gasteiger partial charge is 0.258 e. The average molecular weight is 642 g/mol. The van der Waals surface area contributed by atoms with Crippen LogP contribution >= 0.6 is 11.6 Å². The number of amides is 2. The van der Waals surface area contributed by atoms with Crippen molar-refractivity contribution in [1.82, 2.24) is 20.4 Å². The lowest BCUT2D eigenvalue weighted by Crippen LogP contribution is -2.48. The zero-order chi connectivity index (χ0) is 32.0. The molecule has 0 radical (unpaired) electrons. The van der Waals surface area contributed by atoms with E-state index in [4.69, 9.17) is 16.3 Å². The Morgan fingerprint density at radius 2 is 1.78 bits per heavy atom. The maximum atomic E-state index is 14.7. The number of benzene rings is 3. The molecule has 1 aliphatic carbocycles. The lowest BCUT2D eigenvalue weighted by molar-refractivity contribution is -0.131. The lowest BCUT2D eigenvalue weighted by atomic mass is 9.98. The number of nitrogens with one attached hydrogen (secondary N) is 3. The molecular formula is C36H37ClFN5O3. The molecule has 7 rings (SSSR count). The highest BCUT2D eigenvalue weighted by atomic mass is 35.5. The largest absolute Gasteiger partial charge is 0.375 e. The van der Waals surface area contributed by atoms with Gasteiger partial charge in [0.2, 0.25) is 5.91 Å². The second-order valence-corrected chi connectivity index (χ2v) is 13.3. The van der Waals surface area contributed by atoms with E-state index in [1.54, 1.807) is 18.2 Å². The Labute approximate surface area is 272 Å². The first-order chi connectivity index (χ1) is 22.1. The van der Waals surface area contributed by atoms with E-state index in [0.717, 1.165) is 59.8 Å². The molecule has 4 aromatic rings. The SMILES string of the molecule is Cc1n[nH]c(C)c1-c1ccc(NC(=O)[C@H](Cc2cc(-c3ccc(CN4C[C@H]5C[C@@H]4CO5)cc3)ccc2Cl)NC(=O)C2(F)CC2)cc1. The van der Waals surface area contributed by atoms with Gasteiger partial charge in [0.25, 0.3) is 5.91 Å². The van der Waals surface area contributed by atoms with Crippen molar-refractivity contribution >= 4 is 29.1 Å². The number of hydrogen-bond donors (Lipinski definition) is 3. The molecule has 3 aromatic carbocycles. The molecule has 3 fully saturated rings. The number of H-pyrrole nitrogens is 1.